The van der Waals surface area contributed by atoms with Gasteiger partial charge in [-0.15, -0.1) is 11.3 Å². The average molecular weight is 313 g/mol. The second kappa shape index (κ2) is 9.28. The van der Waals surface area contributed by atoms with E-state index in [0.717, 1.165) is 16.5 Å². The van der Waals surface area contributed by atoms with Crippen LogP contribution >= 0.6 is 11.3 Å². The van der Waals surface area contributed by atoms with Crippen molar-refractivity contribution in [2.24, 2.45) is 0 Å². The van der Waals surface area contributed by atoms with Crippen LogP contribution in [-0.2, 0) is 25.6 Å². The molecule has 21 heavy (non-hydrogen) atoms. The number of hydrogen-bond acceptors (Lipinski definition) is 5. The van der Waals surface area contributed by atoms with E-state index >= 15 is 0 Å². The zero-order valence-electron chi connectivity index (χ0n) is 12.1. The van der Waals surface area contributed by atoms with Gasteiger partial charge in [-0.1, -0.05) is 0 Å². The van der Waals surface area contributed by atoms with Crippen molar-refractivity contribution in [3.05, 3.63) is 28.0 Å². The van der Waals surface area contributed by atoms with Crippen molar-refractivity contribution in [1.82, 2.24) is 4.90 Å². The molecule has 0 saturated carbocycles. The highest BCUT2D eigenvalue weighted by Crippen LogP contribution is 2.17. The highest BCUT2D eigenvalue weighted by molar-refractivity contribution is 7.11. The number of carbonyl (C=O) groups excluding carboxylic acids is 1. The molecule has 1 rings (SSSR count). The molecule has 1 amide bonds. The number of aliphatic carboxylic acids is 1. The maximum atomic E-state index is 11.8. The molecular weight excluding hydrogens is 294 g/mol. The smallest absolute Gasteiger partial charge is 0.328 e. The third kappa shape index (κ3) is 7.03. The summed E-state index contributed by atoms with van der Waals surface area (Å²) in [5.74, 6) is -1.09. The van der Waals surface area contributed by atoms with Gasteiger partial charge < -0.3 is 19.5 Å². The van der Waals surface area contributed by atoms with Crippen molar-refractivity contribution < 1.29 is 24.2 Å². The molecular formula is C14H19NO5S. The number of thiophene rings is 1. The number of amides is 1. The summed E-state index contributed by atoms with van der Waals surface area (Å²) in [6, 6.07) is 1.86. The van der Waals surface area contributed by atoms with Crippen LogP contribution in [0.2, 0.25) is 0 Å². The topological polar surface area (TPSA) is 76.1 Å². The van der Waals surface area contributed by atoms with Crippen LogP contribution in [0.4, 0.5) is 0 Å². The molecule has 0 aromatic carbocycles. The van der Waals surface area contributed by atoms with Gasteiger partial charge in [0.2, 0.25) is 5.91 Å². The third-order valence-corrected chi connectivity index (χ3v) is 3.51. The van der Waals surface area contributed by atoms with E-state index in [4.69, 9.17) is 14.6 Å². The molecule has 0 fully saturated rings. The lowest BCUT2D eigenvalue weighted by Crippen LogP contribution is -2.30. The van der Waals surface area contributed by atoms with E-state index in [1.54, 1.807) is 19.1 Å². The van der Waals surface area contributed by atoms with E-state index in [0.29, 0.717) is 19.8 Å². The van der Waals surface area contributed by atoms with Gasteiger partial charge in [0.25, 0.3) is 0 Å². The van der Waals surface area contributed by atoms with Crippen molar-refractivity contribution in [2.45, 2.75) is 6.54 Å². The Balaban J connectivity index is 2.41. The molecule has 0 aliphatic heterocycles. The van der Waals surface area contributed by atoms with E-state index in [-0.39, 0.29) is 12.5 Å². The molecule has 0 bridgehead atoms. The van der Waals surface area contributed by atoms with Gasteiger partial charge >= 0.3 is 5.97 Å². The molecule has 116 valence electrons. The number of ether oxygens (including phenoxy) is 2. The summed E-state index contributed by atoms with van der Waals surface area (Å²) in [7, 11) is 3.27. The van der Waals surface area contributed by atoms with Gasteiger partial charge in [-0.2, -0.15) is 0 Å². The van der Waals surface area contributed by atoms with E-state index in [1.165, 1.54) is 17.4 Å². The number of methoxy groups -OCH3 is 1. The van der Waals surface area contributed by atoms with Gasteiger partial charge in [-0.05, 0) is 23.1 Å². The van der Waals surface area contributed by atoms with Crippen LogP contribution < -0.4 is 0 Å². The molecule has 1 N–H and O–H groups in total. The van der Waals surface area contributed by atoms with E-state index in [1.807, 2.05) is 11.4 Å². The molecule has 0 unspecified atom stereocenters. The predicted molar refractivity (Wildman–Crippen MR) is 80.2 cm³/mol. The Morgan fingerprint density at radius 1 is 1.43 bits per heavy atom. The van der Waals surface area contributed by atoms with Gasteiger partial charge in [0.1, 0.15) is 6.61 Å². The van der Waals surface area contributed by atoms with Crippen LogP contribution in [0.5, 0.6) is 0 Å². The molecule has 1 aromatic rings. The molecule has 7 heteroatoms. The SMILES string of the molecule is COCCOCC(=O)N(C)Cc1csc(/C=C/C(=O)O)c1. The fourth-order valence-corrected chi connectivity index (χ4v) is 2.29. The highest BCUT2D eigenvalue weighted by Gasteiger charge is 2.10. The minimum atomic E-state index is -0.981. The number of rotatable bonds is 9. The minimum Gasteiger partial charge on any atom is -0.478 e. The minimum absolute atomic E-state index is 0.0236. The number of nitrogens with zero attached hydrogens (tertiary/aromatic N) is 1. The molecule has 6 nitrogen and oxygen atoms in total. The Hall–Kier alpha value is -1.70. The van der Waals surface area contributed by atoms with Crippen molar-refractivity contribution in [3.8, 4) is 0 Å². The van der Waals surface area contributed by atoms with Crippen LogP contribution in [0, 0.1) is 0 Å². The first-order valence-electron chi connectivity index (χ1n) is 6.32. The van der Waals surface area contributed by atoms with Crippen molar-refractivity contribution in [1.29, 1.82) is 0 Å². The lowest BCUT2D eigenvalue weighted by atomic mass is 10.3. The summed E-state index contributed by atoms with van der Waals surface area (Å²) in [6.45, 7) is 1.33. The number of hydrogen-bond donors (Lipinski definition) is 1. The first kappa shape index (κ1) is 17.4. The van der Waals surface area contributed by atoms with E-state index < -0.39 is 5.97 Å². The number of carboxylic acid groups (broad SMARTS) is 1. The van der Waals surface area contributed by atoms with Gasteiger partial charge in [-0.3, -0.25) is 4.79 Å². The summed E-state index contributed by atoms with van der Waals surface area (Å²) in [4.78, 5) is 24.6. The number of likely N-dealkylation sites (N-methyl/N-ethyl adjacent to an activating group) is 1. The van der Waals surface area contributed by atoms with Gasteiger partial charge in [0.15, 0.2) is 0 Å². The standard InChI is InChI=1S/C14H19NO5S/c1-15(13(16)9-20-6-5-19-2)8-11-7-12(21-10-11)3-4-14(17)18/h3-4,7,10H,5-6,8-9H2,1-2H3,(H,17,18)/b4-3+. The van der Waals surface area contributed by atoms with Crippen LogP contribution in [0.3, 0.4) is 0 Å². The lowest BCUT2D eigenvalue weighted by molar-refractivity contribution is -0.135. The Bertz CT molecular complexity index is 497. The van der Waals surface area contributed by atoms with Crippen LogP contribution in [0.1, 0.15) is 10.4 Å². The summed E-state index contributed by atoms with van der Waals surface area (Å²) < 4.78 is 10.0. The summed E-state index contributed by atoms with van der Waals surface area (Å²) in [5, 5.41) is 10.5. The van der Waals surface area contributed by atoms with Crippen molar-refractivity contribution >= 4 is 29.3 Å². The normalized spacial score (nSPS) is 11.0. The van der Waals surface area contributed by atoms with E-state index in [2.05, 4.69) is 0 Å². The molecule has 0 atom stereocenters. The van der Waals surface area contributed by atoms with Crippen molar-refractivity contribution in [2.75, 3.05) is 34.0 Å². The Labute approximate surface area is 127 Å². The van der Waals surface area contributed by atoms with Crippen LogP contribution in [0.25, 0.3) is 6.08 Å². The maximum Gasteiger partial charge on any atom is 0.328 e. The van der Waals surface area contributed by atoms with Gasteiger partial charge in [0.05, 0.1) is 13.2 Å². The molecule has 0 spiro atoms. The summed E-state index contributed by atoms with van der Waals surface area (Å²) in [6.07, 6.45) is 2.63. The first-order valence-corrected chi connectivity index (χ1v) is 7.20. The van der Waals surface area contributed by atoms with Crippen LogP contribution in [0.15, 0.2) is 17.5 Å². The zero-order valence-corrected chi connectivity index (χ0v) is 12.9. The van der Waals surface area contributed by atoms with E-state index in [9.17, 15) is 9.59 Å². The quantitative estimate of drug-likeness (QED) is 0.552. The average Bonchev–Trinajstić information content (AvgIpc) is 2.88. The fourth-order valence-electron chi connectivity index (χ4n) is 1.49. The first-order chi connectivity index (χ1) is 10.0. The molecule has 0 radical (unpaired) electrons. The van der Waals surface area contributed by atoms with Crippen LogP contribution in [-0.4, -0.2) is 55.9 Å². The highest BCUT2D eigenvalue weighted by atomic mass is 32.1. The fraction of sp³-hybridized carbons (Fsp3) is 0.429. The van der Waals surface area contributed by atoms with Crippen molar-refractivity contribution in [3.63, 3.8) is 0 Å². The Morgan fingerprint density at radius 2 is 2.19 bits per heavy atom. The second-order valence-electron chi connectivity index (χ2n) is 4.32. The Morgan fingerprint density at radius 3 is 2.86 bits per heavy atom. The number of carboxylic acids is 1. The third-order valence-electron chi connectivity index (χ3n) is 2.57. The monoisotopic (exact) mass is 313 g/mol. The second-order valence-corrected chi connectivity index (χ2v) is 5.27. The van der Waals surface area contributed by atoms with Gasteiger partial charge in [0, 0.05) is 31.7 Å². The molecule has 0 saturated heterocycles. The number of carbonyl (C=O) groups is 2. The molecule has 0 aliphatic carbocycles. The molecule has 0 aliphatic rings. The lowest BCUT2D eigenvalue weighted by Gasteiger charge is -2.16. The summed E-state index contributed by atoms with van der Waals surface area (Å²) >= 11 is 1.43. The predicted octanol–water partition coefficient (Wildman–Crippen LogP) is 1.47. The Kier molecular flexibility index (Phi) is 7.66. The molecule has 1 heterocycles. The van der Waals surface area contributed by atoms with Gasteiger partial charge in [-0.25, -0.2) is 4.79 Å². The zero-order chi connectivity index (χ0) is 15.7. The molecule has 1 aromatic heterocycles. The largest absolute Gasteiger partial charge is 0.478 e. The summed E-state index contributed by atoms with van der Waals surface area (Å²) in [5.41, 5.74) is 0.956. The maximum absolute atomic E-state index is 11.8.